The van der Waals surface area contributed by atoms with Crippen LogP contribution in [0.2, 0.25) is 0 Å². The quantitative estimate of drug-likeness (QED) is 0.708. The van der Waals surface area contributed by atoms with Gasteiger partial charge in [-0.15, -0.1) is 0 Å². The summed E-state index contributed by atoms with van der Waals surface area (Å²) in [5.41, 5.74) is -0.556. The Bertz CT molecular complexity index is 512. The van der Waals surface area contributed by atoms with E-state index in [9.17, 15) is 15.0 Å². The lowest BCUT2D eigenvalue weighted by atomic mass is 9.49. The summed E-state index contributed by atoms with van der Waals surface area (Å²) < 4.78 is 0. The van der Waals surface area contributed by atoms with E-state index in [1.54, 1.807) is 0 Å². The molecule has 0 aromatic rings. The highest BCUT2D eigenvalue weighted by molar-refractivity contribution is 5.99. The highest BCUT2D eigenvalue weighted by Gasteiger charge is 2.69. The average Bonchev–Trinajstić information content (AvgIpc) is 2.42. The van der Waals surface area contributed by atoms with Crippen LogP contribution in [-0.4, -0.2) is 45.1 Å². The molecular weight excluding hydrogens is 254 g/mol. The third-order valence-corrected chi connectivity index (χ3v) is 6.29. The third kappa shape index (κ3) is 1.23. The van der Waals surface area contributed by atoms with Crippen LogP contribution in [-0.2, 0) is 4.79 Å². The van der Waals surface area contributed by atoms with Crippen LogP contribution in [0.5, 0.6) is 0 Å². The van der Waals surface area contributed by atoms with Gasteiger partial charge in [-0.1, -0.05) is 6.92 Å². The monoisotopic (exact) mass is 277 g/mol. The maximum absolute atomic E-state index is 12.6. The Labute approximate surface area is 119 Å². The fourth-order valence-electron chi connectivity index (χ4n) is 5.65. The summed E-state index contributed by atoms with van der Waals surface area (Å²) >= 11 is 0. The summed E-state index contributed by atoms with van der Waals surface area (Å²) in [6.07, 6.45) is 4.97. The zero-order valence-electron chi connectivity index (χ0n) is 12.1. The summed E-state index contributed by atoms with van der Waals surface area (Å²) in [6, 6.07) is 0. The summed E-state index contributed by atoms with van der Waals surface area (Å²) in [4.78, 5) is 14.9. The van der Waals surface area contributed by atoms with Crippen molar-refractivity contribution < 1.29 is 15.0 Å². The Morgan fingerprint density at radius 2 is 2.05 bits per heavy atom. The normalized spacial score (nSPS) is 48.2. The van der Waals surface area contributed by atoms with Crippen molar-refractivity contribution in [3.63, 3.8) is 0 Å². The number of nitrogens with zero attached hydrogens (tertiary/aromatic N) is 1. The van der Waals surface area contributed by atoms with E-state index in [0.29, 0.717) is 18.8 Å². The molecule has 110 valence electrons. The van der Waals surface area contributed by atoms with Crippen LogP contribution in [0, 0.1) is 11.8 Å². The SMILES string of the molecule is C[C@@H]1C[C@H]2C(=O)C(O)=C3CCCN4CCC[C@@]2(O)[C@]34C1. The molecular formula is C16H23NO3. The topological polar surface area (TPSA) is 60.8 Å². The summed E-state index contributed by atoms with van der Waals surface area (Å²) in [6.45, 7) is 4.13. The predicted octanol–water partition coefficient (Wildman–Crippen LogP) is 1.79. The van der Waals surface area contributed by atoms with E-state index in [-0.39, 0.29) is 11.5 Å². The van der Waals surface area contributed by atoms with E-state index in [0.717, 1.165) is 44.3 Å². The molecule has 4 aliphatic rings. The molecule has 4 rings (SSSR count). The summed E-state index contributed by atoms with van der Waals surface area (Å²) in [5.74, 6) is -0.200. The lowest BCUT2D eigenvalue weighted by molar-refractivity contribution is -0.204. The Hall–Kier alpha value is -0.870. The molecule has 0 radical (unpaired) electrons. The maximum atomic E-state index is 12.6. The number of hydrogen-bond donors (Lipinski definition) is 2. The first-order valence-electron chi connectivity index (χ1n) is 7.95. The summed E-state index contributed by atoms with van der Waals surface area (Å²) in [7, 11) is 0. The highest BCUT2D eigenvalue weighted by atomic mass is 16.3. The van der Waals surface area contributed by atoms with Gasteiger partial charge in [0.05, 0.1) is 17.1 Å². The van der Waals surface area contributed by atoms with Crippen LogP contribution in [0.3, 0.4) is 0 Å². The van der Waals surface area contributed by atoms with Crippen LogP contribution < -0.4 is 0 Å². The van der Waals surface area contributed by atoms with Crippen LogP contribution in [0.15, 0.2) is 11.3 Å². The Kier molecular flexibility index (Phi) is 2.48. The fourth-order valence-corrected chi connectivity index (χ4v) is 5.65. The van der Waals surface area contributed by atoms with Gasteiger partial charge in [0.25, 0.3) is 0 Å². The lowest BCUT2D eigenvalue weighted by Crippen LogP contribution is -2.77. The molecule has 0 unspecified atom stereocenters. The Morgan fingerprint density at radius 1 is 1.30 bits per heavy atom. The molecule has 3 fully saturated rings. The molecule has 2 aliphatic carbocycles. The van der Waals surface area contributed by atoms with E-state index >= 15 is 0 Å². The molecule has 4 nitrogen and oxygen atoms in total. The standard InChI is InChI=1S/C16H23NO3/c1-10-8-12-14(19)13(18)11-4-2-6-17-7-3-5-16(12,20)15(11,17)9-10/h10,12,18,20H,2-9H2,1H3/t10-,12+,15+,16+/m1/s1. The lowest BCUT2D eigenvalue weighted by Gasteiger charge is -2.66. The molecule has 2 N–H and O–H groups in total. The Balaban J connectivity index is 2.00. The van der Waals surface area contributed by atoms with E-state index in [1.165, 1.54) is 0 Å². The molecule has 20 heavy (non-hydrogen) atoms. The number of aliphatic hydroxyl groups is 2. The first-order chi connectivity index (χ1) is 9.50. The first-order valence-corrected chi connectivity index (χ1v) is 7.95. The summed E-state index contributed by atoms with van der Waals surface area (Å²) in [5, 5.41) is 21.9. The number of aliphatic hydroxyl groups excluding tert-OH is 1. The number of carbonyl (C=O) groups is 1. The van der Waals surface area contributed by atoms with Crippen molar-refractivity contribution in [2.75, 3.05) is 13.1 Å². The zero-order chi connectivity index (χ0) is 14.1. The van der Waals surface area contributed by atoms with Crippen molar-refractivity contribution in [2.45, 2.75) is 56.6 Å². The average molecular weight is 277 g/mol. The second-order valence-electron chi connectivity index (χ2n) is 7.27. The van der Waals surface area contributed by atoms with Gasteiger partial charge in [0, 0.05) is 0 Å². The number of hydrogen-bond acceptors (Lipinski definition) is 4. The minimum absolute atomic E-state index is 0.0156. The van der Waals surface area contributed by atoms with Crippen LogP contribution >= 0.6 is 0 Å². The number of Topliss-reactive ketones (excluding diaryl/α,β-unsaturated/α-hetero) is 1. The van der Waals surface area contributed by atoms with Gasteiger partial charge in [0.1, 0.15) is 0 Å². The van der Waals surface area contributed by atoms with Crippen molar-refractivity contribution in [1.29, 1.82) is 0 Å². The molecule has 0 amide bonds. The molecule has 0 aromatic carbocycles. The van der Waals surface area contributed by atoms with Gasteiger partial charge < -0.3 is 10.2 Å². The zero-order valence-corrected chi connectivity index (χ0v) is 12.1. The fraction of sp³-hybridized carbons (Fsp3) is 0.812. The second kappa shape index (κ2) is 3.86. The van der Waals surface area contributed by atoms with Crippen molar-refractivity contribution in [3.05, 3.63) is 11.3 Å². The second-order valence-corrected chi connectivity index (χ2v) is 7.27. The van der Waals surface area contributed by atoms with E-state index in [1.807, 2.05) is 0 Å². The molecule has 1 saturated carbocycles. The third-order valence-electron chi connectivity index (χ3n) is 6.29. The maximum Gasteiger partial charge on any atom is 0.203 e. The number of carbonyl (C=O) groups excluding carboxylic acids is 1. The largest absolute Gasteiger partial charge is 0.504 e. The van der Waals surface area contributed by atoms with Crippen LogP contribution in [0.1, 0.15) is 45.4 Å². The van der Waals surface area contributed by atoms with E-state index < -0.39 is 17.1 Å². The molecule has 4 atom stereocenters. The van der Waals surface area contributed by atoms with Gasteiger partial charge >= 0.3 is 0 Å². The van der Waals surface area contributed by atoms with Gasteiger partial charge in [-0.2, -0.15) is 0 Å². The molecule has 2 aliphatic heterocycles. The van der Waals surface area contributed by atoms with Gasteiger partial charge in [-0.25, -0.2) is 0 Å². The molecule has 1 spiro atoms. The molecule has 2 heterocycles. The first kappa shape index (κ1) is 12.8. The van der Waals surface area contributed by atoms with Gasteiger partial charge in [-0.05, 0) is 63.1 Å². The number of ketones is 1. The van der Waals surface area contributed by atoms with Crippen molar-refractivity contribution in [2.24, 2.45) is 11.8 Å². The minimum Gasteiger partial charge on any atom is -0.504 e. The molecule has 0 aromatic heterocycles. The minimum atomic E-state index is -0.948. The predicted molar refractivity (Wildman–Crippen MR) is 74.3 cm³/mol. The van der Waals surface area contributed by atoms with Gasteiger partial charge in [0.2, 0.25) is 5.78 Å². The van der Waals surface area contributed by atoms with E-state index in [4.69, 9.17) is 0 Å². The molecule has 2 saturated heterocycles. The number of allylic oxidation sites excluding steroid dienone is 1. The smallest absolute Gasteiger partial charge is 0.203 e. The number of piperidine rings is 2. The van der Waals surface area contributed by atoms with Crippen LogP contribution in [0.4, 0.5) is 0 Å². The van der Waals surface area contributed by atoms with Crippen molar-refractivity contribution in [1.82, 2.24) is 4.90 Å². The molecule has 2 bridgehead atoms. The molecule has 4 heteroatoms. The Morgan fingerprint density at radius 3 is 2.85 bits per heavy atom. The van der Waals surface area contributed by atoms with Crippen LogP contribution in [0.25, 0.3) is 0 Å². The van der Waals surface area contributed by atoms with Crippen molar-refractivity contribution in [3.8, 4) is 0 Å². The van der Waals surface area contributed by atoms with Gasteiger partial charge in [-0.3, -0.25) is 9.69 Å². The van der Waals surface area contributed by atoms with Gasteiger partial charge in [0.15, 0.2) is 5.76 Å². The number of rotatable bonds is 0. The van der Waals surface area contributed by atoms with E-state index in [2.05, 4.69) is 11.8 Å². The highest BCUT2D eigenvalue weighted by Crippen LogP contribution is 2.60. The van der Waals surface area contributed by atoms with Crippen molar-refractivity contribution >= 4 is 5.78 Å².